The van der Waals surface area contributed by atoms with Gasteiger partial charge in [0.15, 0.2) is 0 Å². The summed E-state index contributed by atoms with van der Waals surface area (Å²) in [4.78, 5) is 7.77. The molecule has 0 bridgehead atoms. The monoisotopic (exact) mass is 575 g/mol. The fourth-order valence-corrected chi connectivity index (χ4v) is 3.60. The lowest BCUT2D eigenvalue weighted by atomic mass is 9.75. The summed E-state index contributed by atoms with van der Waals surface area (Å²) < 4.78 is 191. The zero-order valence-electron chi connectivity index (χ0n) is 18.1. The van der Waals surface area contributed by atoms with Crippen LogP contribution in [0.4, 0.5) is 61.5 Å². The van der Waals surface area contributed by atoms with Crippen molar-refractivity contribution < 1.29 is 66.6 Å². The fourth-order valence-electron chi connectivity index (χ4n) is 3.60. The van der Waals surface area contributed by atoms with Crippen molar-refractivity contribution in [1.29, 1.82) is 0 Å². The number of benzene rings is 1. The SMILES string of the molecule is Cc1nc2cnccc2n1-c1ccc(C(O)(C(F)(F)C(F)(F)C(F)(F)F)C(F)(F)C(F)(F)C(F)(F)F)cc1. The summed E-state index contributed by atoms with van der Waals surface area (Å²) in [5.74, 6) is -30.7. The summed E-state index contributed by atoms with van der Waals surface area (Å²) in [5, 5.41) is 10.00. The van der Waals surface area contributed by atoms with Crippen molar-refractivity contribution in [1.82, 2.24) is 14.5 Å². The van der Waals surface area contributed by atoms with Crippen molar-refractivity contribution in [3.63, 3.8) is 0 Å². The van der Waals surface area contributed by atoms with E-state index in [1.807, 2.05) is 0 Å². The van der Waals surface area contributed by atoms with E-state index in [1.54, 1.807) is 0 Å². The molecular weight excluding hydrogens is 564 g/mol. The van der Waals surface area contributed by atoms with E-state index in [1.165, 1.54) is 25.4 Å². The summed E-state index contributed by atoms with van der Waals surface area (Å²) in [6.07, 6.45) is -12.5. The Labute approximate surface area is 201 Å². The Morgan fingerprint density at radius 1 is 0.658 bits per heavy atom. The van der Waals surface area contributed by atoms with Gasteiger partial charge in [-0.1, -0.05) is 12.1 Å². The maximum atomic E-state index is 14.6. The van der Waals surface area contributed by atoms with Gasteiger partial charge in [0.1, 0.15) is 11.3 Å². The minimum Gasteiger partial charge on any atom is -0.374 e. The topological polar surface area (TPSA) is 50.9 Å². The van der Waals surface area contributed by atoms with Gasteiger partial charge < -0.3 is 5.11 Å². The van der Waals surface area contributed by atoms with Crippen molar-refractivity contribution in [2.75, 3.05) is 0 Å². The highest BCUT2D eigenvalue weighted by molar-refractivity contribution is 5.77. The van der Waals surface area contributed by atoms with Crippen molar-refractivity contribution in [3.05, 3.63) is 54.1 Å². The third-order valence-corrected chi connectivity index (χ3v) is 5.58. The van der Waals surface area contributed by atoms with Crippen LogP contribution >= 0.6 is 0 Å². The Morgan fingerprint density at radius 3 is 1.53 bits per heavy atom. The predicted molar refractivity (Wildman–Crippen MR) is 99.4 cm³/mol. The summed E-state index contributed by atoms with van der Waals surface area (Å²) in [7, 11) is 0. The number of halogens is 14. The first-order valence-electron chi connectivity index (χ1n) is 9.74. The second kappa shape index (κ2) is 8.41. The van der Waals surface area contributed by atoms with Crippen LogP contribution in [0.1, 0.15) is 11.4 Å². The number of nitrogens with zero attached hydrogens (tertiary/aromatic N) is 3. The number of aryl methyl sites for hydroxylation is 1. The molecule has 1 N–H and O–H groups in total. The van der Waals surface area contributed by atoms with Gasteiger partial charge in [0.25, 0.3) is 0 Å². The lowest BCUT2D eigenvalue weighted by molar-refractivity contribution is -0.454. The highest BCUT2D eigenvalue weighted by Gasteiger charge is 2.91. The lowest BCUT2D eigenvalue weighted by Gasteiger charge is -2.46. The van der Waals surface area contributed by atoms with E-state index in [0.29, 0.717) is 12.1 Å². The molecule has 0 aliphatic carbocycles. The lowest BCUT2D eigenvalue weighted by Crippen LogP contribution is -2.73. The maximum absolute atomic E-state index is 14.6. The van der Waals surface area contributed by atoms with Gasteiger partial charge in [0, 0.05) is 11.9 Å². The second-order valence-corrected chi connectivity index (χ2v) is 7.91. The molecule has 0 amide bonds. The van der Waals surface area contributed by atoms with Crippen LogP contribution in [0, 0.1) is 6.92 Å². The number of rotatable bonds is 6. The minimum atomic E-state index is -7.72. The summed E-state index contributed by atoms with van der Waals surface area (Å²) in [6.45, 7) is 1.33. The van der Waals surface area contributed by atoms with Crippen molar-refractivity contribution in [2.24, 2.45) is 0 Å². The van der Waals surface area contributed by atoms with E-state index in [2.05, 4.69) is 9.97 Å². The smallest absolute Gasteiger partial charge is 0.374 e. The van der Waals surface area contributed by atoms with Crippen LogP contribution in [0.2, 0.25) is 0 Å². The van der Waals surface area contributed by atoms with E-state index >= 15 is 0 Å². The molecular formula is C20H11F14N3O. The summed E-state index contributed by atoms with van der Waals surface area (Å²) in [5.41, 5.74) is -9.15. The third-order valence-electron chi connectivity index (χ3n) is 5.58. The van der Waals surface area contributed by atoms with E-state index in [4.69, 9.17) is 0 Å². The maximum Gasteiger partial charge on any atom is 0.460 e. The van der Waals surface area contributed by atoms with Gasteiger partial charge >= 0.3 is 36.0 Å². The highest BCUT2D eigenvalue weighted by Crippen LogP contribution is 2.63. The van der Waals surface area contributed by atoms with Crippen LogP contribution in [0.15, 0.2) is 42.7 Å². The fraction of sp³-hybridized carbons (Fsp3) is 0.400. The molecule has 0 radical (unpaired) electrons. The molecule has 0 atom stereocenters. The molecule has 0 aliphatic heterocycles. The van der Waals surface area contributed by atoms with Crippen LogP contribution in [0.5, 0.6) is 0 Å². The Kier molecular flexibility index (Phi) is 6.50. The van der Waals surface area contributed by atoms with Gasteiger partial charge in [-0.25, -0.2) is 4.98 Å². The molecule has 0 saturated carbocycles. The average molecular weight is 575 g/mol. The minimum absolute atomic E-state index is 0.0823. The standard InChI is InChI=1S/C20H11F14N3O/c1-9-36-12-8-35-7-6-13(12)37(9)11-4-2-10(3-5-11)14(38,15(21,22)17(25,26)19(29,30)31)16(23,24)18(27,28)20(32,33)34/h2-8,38H,1H3. The summed E-state index contributed by atoms with van der Waals surface area (Å²) >= 11 is 0. The van der Waals surface area contributed by atoms with Crippen LogP contribution in [-0.2, 0) is 5.60 Å². The Hall–Kier alpha value is -3.18. The van der Waals surface area contributed by atoms with Gasteiger partial charge in [-0.2, -0.15) is 61.5 Å². The number of pyridine rings is 1. The normalized spacial score (nSPS) is 14.8. The predicted octanol–water partition coefficient (Wildman–Crippen LogP) is 6.58. The number of hydrogen-bond acceptors (Lipinski definition) is 3. The van der Waals surface area contributed by atoms with Gasteiger partial charge in [0.2, 0.25) is 5.60 Å². The molecule has 0 spiro atoms. The van der Waals surface area contributed by atoms with E-state index in [-0.39, 0.29) is 34.7 Å². The third kappa shape index (κ3) is 3.78. The Bertz CT molecular complexity index is 1290. The van der Waals surface area contributed by atoms with Crippen LogP contribution in [-0.4, -0.2) is 55.7 Å². The zero-order valence-corrected chi connectivity index (χ0v) is 18.1. The molecule has 0 fully saturated rings. The average Bonchev–Trinajstić information content (AvgIpc) is 3.12. The molecule has 1 aromatic carbocycles. The number of hydrogen-bond donors (Lipinski definition) is 1. The van der Waals surface area contributed by atoms with Gasteiger partial charge in [-0.15, -0.1) is 0 Å². The van der Waals surface area contributed by atoms with E-state index in [9.17, 15) is 66.6 Å². The number of aromatic nitrogens is 3. The molecule has 0 unspecified atom stereocenters. The number of alkyl halides is 14. The van der Waals surface area contributed by atoms with Crippen LogP contribution < -0.4 is 0 Å². The largest absolute Gasteiger partial charge is 0.460 e. The molecule has 4 nitrogen and oxygen atoms in total. The van der Waals surface area contributed by atoms with Gasteiger partial charge in [-0.3, -0.25) is 9.55 Å². The Morgan fingerprint density at radius 2 is 1.11 bits per heavy atom. The number of fused-ring (bicyclic) bond motifs is 1. The molecule has 2 aromatic heterocycles. The molecule has 18 heteroatoms. The molecule has 210 valence electrons. The van der Waals surface area contributed by atoms with Crippen molar-refractivity contribution in [3.8, 4) is 5.69 Å². The van der Waals surface area contributed by atoms with Gasteiger partial charge in [0.05, 0.1) is 11.7 Å². The first-order chi connectivity index (χ1) is 17.0. The molecule has 38 heavy (non-hydrogen) atoms. The first-order valence-corrected chi connectivity index (χ1v) is 9.74. The van der Waals surface area contributed by atoms with Crippen molar-refractivity contribution >= 4 is 11.0 Å². The van der Waals surface area contributed by atoms with E-state index < -0.39 is 47.2 Å². The zero-order chi connectivity index (χ0) is 29.3. The molecule has 3 rings (SSSR count). The molecule has 0 aliphatic rings. The quantitative estimate of drug-likeness (QED) is 0.338. The first kappa shape index (κ1) is 29.4. The highest BCUT2D eigenvalue weighted by atomic mass is 19.4. The molecule has 2 heterocycles. The molecule has 3 aromatic rings. The number of imidazole rings is 1. The van der Waals surface area contributed by atoms with Crippen LogP contribution in [0.25, 0.3) is 16.7 Å². The second-order valence-electron chi connectivity index (χ2n) is 7.91. The van der Waals surface area contributed by atoms with Crippen molar-refractivity contribution in [2.45, 2.75) is 48.6 Å². The van der Waals surface area contributed by atoms with Gasteiger partial charge in [-0.05, 0) is 30.7 Å². The molecule has 0 saturated heterocycles. The number of aliphatic hydroxyl groups is 1. The summed E-state index contributed by atoms with van der Waals surface area (Å²) in [6, 6.07) is 1.71. The van der Waals surface area contributed by atoms with Crippen LogP contribution in [0.3, 0.4) is 0 Å². The Balaban J connectivity index is 2.33. The van der Waals surface area contributed by atoms with E-state index in [0.717, 1.165) is 4.57 Å².